The van der Waals surface area contributed by atoms with Crippen LogP contribution < -0.4 is 31.9 Å². The summed E-state index contributed by atoms with van der Waals surface area (Å²) in [6.45, 7) is 4.37. The molecular formula is C39H51Cl2N17O7. The highest BCUT2D eigenvalue weighted by Gasteiger charge is 2.48. The molecule has 0 bridgehead atoms. The Morgan fingerprint density at radius 2 is 1.11 bits per heavy atom. The highest BCUT2D eigenvalue weighted by atomic mass is 35.5. The lowest BCUT2D eigenvalue weighted by molar-refractivity contribution is -0.137. The van der Waals surface area contributed by atoms with Crippen molar-refractivity contribution >= 4 is 80.9 Å². The van der Waals surface area contributed by atoms with Crippen LogP contribution in [0.5, 0.6) is 0 Å². The first kappa shape index (κ1) is 44.8. The normalized spacial score (nSPS) is 29.2. The molecule has 2 aliphatic carbocycles. The summed E-state index contributed by atoms with van der Waals surface area (Å²) in [4.78, 5) is 64.9. The number of hydrogen-bond acceptors (Lipinski definition) is 20. The molecule has 4 aliphatic rings. The molecule has 5 aromatic heterocycles. The number of imidazole rings is 2. The first-order valence-corrected chi connectivity index (χ1v) is 22.7. The number of nitrogens with zero attached hydrogens (tertiary/aromatic N) is 11. The zero-order valence-corrected chi connectivity index (χ0v) is 37.0. The number of nitrogens with one attached hydrogen (secondary N) is 6. The van der Waals surface area contributed by atoms with Crippen molar-refractivity contribution in [1.29, 1.82) is 0 Å². The number of ether oxygens (including phenoxy) is 2. The largest absolute Gasteiger partial charge is 0.388 e. The van der Waals surface area contributed by atoms with Crippen molar-refractivity contribution in [1.82, 2.24) is 64.6 Å². The third-order valence-corrected chi connectivity index (χ3v) is 12.6. The number of amides is 2. The van der Waals surface area contributed by atoms with Crippen LogP contribution in [0.4, 0.5) is 23.5 Å². The van der Waals surface area contributed by atoms with Gasteiger partial charge >= 0.3 is 0 Å². The molecule has 2 saturated heterocycles. The molecule has 7 heterocycles. The van der Waals surface area contributed by atoms with E-state index in [1.165, 1.54) is 23.5 Å². The van der Waals surface area contributed by atoms with E-state index in [1.54, 1.807) is 11.5 Å². The highest BCUT2D eigenvalue weighted by molar-refractivity contribution is 6.29. The van der Waals surface area contributed by atoms with E-state index in [-0.39, 0.29) is 52.7 Å². The van der Waals surface area contributed by atoms with Crippen molar-refractivity contribution in [3.05, 3.63) is 29.5 Å². The predicted molar refractivity (Wildman–Crippen MR) is 235 cm³/mol. The van der Waals surface area contributed by atoms with Gasteiger partial charge in [0.15, 0.2) is 52.5 Å². The zero-order valence-electron chi connectivity index (χ0n) is 35.5. The van der Waals surface area contributed by atoms with E-state index in [1.807, 2.05) is 6.92 Å². The summed E-state index contributed by atoms with van der Waals surface area (Å²) in [5.74, 6) is 1.07. The minimum atomic E-state index is -1.45. The van der Waals surface area contributed by atoms with Crippen LogP contribution in [-0.2, 0) is 19.1 Å². The summed E-state index contributed by atoms with van der Waals surface area (Å²) < 4.78 is 14.7. The predicted octanol–water partition coefficient (Wildman–Crippen LogP) is 1.67. The Hall–Kier alpha value is -5.37. The van der Waals surface area contributed by atoms with E-state index in [0.29, 0.717) is 53.3 Å². The van der Waals surface area contributed by atoms with Gasteiger partial charge in [-0.25, -0.2) is 19.9 Å². The van der Waals surface area contributed by atoms with Crippen LogP contribution >= 0.6 is 23.2 Å². The van der Waals surface area contributed by atoms with Crippen molar-refractivity contribution in [2.75, 3.05) is 34.4 Å². The number of rotatable bonds is 14. The second-order valence-electron chi connectivity index (χ2n) is 16.7. The molecule has 5 aromatic rings. The minimum Gasteiger partial charge on any atom is -0.388 e. The fourth-order valence-electron chi connectivity index (χ4n) is 9.04. The van der Waals surface area contributed by atoms with E-state index in [0.717, 1.165) is 51.4 Å². The number of hydrogen-bond donors (Lipinski definition) is 9. The number of aliphatic hydroxyl groups is 3. The molecule has 0 aromatic carbocycles. The van der Waals surface area contributed by atoms with Gasteiger partial charge < -0.3 is 56.7 Å². The highest BCUT2D eigenvalue weighted by Crippen LogP contribution is 2.36. The van der Waals surface area contributed by atoms with Gasteiger partial charge in [-0.3, -0.25) is 18.7 Å². The molecule has 65 heavy (non-hydrogen) atoms. The van der Waals surface area contributed by atoms with Gasteiger partial charge in [0.05, 0.1) is 12.7 Å². The average Bonchev–Trinajstić information content (AvgIpc) is 4.07. The fraction of sp³-hybridized carbons (Fsp3) is 0.615. The molecule has 4 fully saturated rings. The number of aromatic nitrogens is 11. The third kappa shape index (κ3) is 9.51. The monoisotopic (exact) mass is 939 g/mol. The second kappa shape index (κ2) is 19.2. The first-order chi connectivity index (χ1) is 31.5. The topological polar surface area (TPSA) is 311 Å². The molecule has 9 N–H and O–H groups in total. The molecule has 26 heteroatoms. The molecule has 2 amide bonds. The van der Waals surface area contributed by atoms with Crippen LogP contribution in [-0.4, -0.2) is 149 Å². The number of aliphatic hydroxyl groups excluding tert-OH is 3. The summed E-state index contributed by atoms with van der Waals surface area (Å²) in [7, 11) is 0. The summed E-state index contributed by atoms with van der Waals surface area (Å²) in [6.07, 6.45) is 3.31. The Balaban J connectivity index is 0.756. The van der Waals surface area contributed by atoms with Crippen LogP contribution in [0.25, 0.3) is 22.3 Å². The lowest BCUT2D eigenvalue weighted by Gasteiger charge is -2.30. The Kier molecular flexibility index (Phi) is 13.3. The van der Waals surface area contributed by atoms with Crippen molar-refractivity contribution in [3.8, 4) is 0 Å². The van der Waals surface area contributed by atoms with Gasteiger partial charge in [0.25, 0.3) is 5.91 Å². The Bertz CT molecular complexity index is 2500. The molecular weight excluding hydrogens is 889 g/mol. The lowest BCUT2D eigenvalue weighted by atomic mass is 9.91. The minimum absolute atomic E-state index is 0.0173. The van der Waals surface area contributed by atoms with Gasteiger partial charge in [0.2, 0.25) is 28.4 Å². The van der Waals surface area contributed by atoms with Crippen molar-refractivity contribution in [2.45, 2.75) is 139 Å². The molecule has 0 radical (unpaired) electrons. The van der Waals surface area contributed by atoms with Crippen molar-refractivity contribution < 1.29 is 34.4 Å². The van der Waals surface area contributed by atoms with E-state index < -0.39 is 48.9 Å². The number of carbonyl (C=O) groups excluding carboxylic acids is 2. The number of likely N-dealkylation sites (N-methyl/N-ethyl adjacent to an activating group) is 2. The smallest absolute Gasteiger partial charge is 0.252 e. The van der Waals surface area contributed by atoms with Gasteiger partial charge in [-0.05, 0) is 88.4 Å². The Morgan fingerprint density at radius 3 is 1.62 bits per heavy atom. The third-order valence-electron chi connectivity index (χ3n) is 12.3. The SMILES string of the molecule is CCNC(=O)[C@@H]1C[C@@H](O)[C@H](n2cnc3c(N[C@H]4CC[C@H](Nc5ncnc(N[C@H]6CC[C@H](Nc7nc(Cl)nc8c7ncn8[C@@H]7O[C@H](C(=O)NCC)[C@@H](O)[C@H]7O)CC6)n5)CC4)nc(Cl)nc32)O1. The molecule has 7 atom stereocenters. The fourth-order valence-corrected chi connectivity index (χ4v) is 9.37. The van der Waals surface area contributed by atoms with E-state index in [9.17, 15) is 24.9 Å². The Morgan fingerprint density at radius 1 is 0.631 bits per heavy atom. The van der Waals surface area contributed by atoms with Gasteiger partial charge in [-0.1, -0.05) is 0 Å². The molecule has 0 spiro atoms. The van der Waals surface area contributed by atoms with Crippen molar-refractivity contribution in [2.24, 2.45) is 0 Å². The molecule has 2 aliphatic heterocycles. The van der Waals surface area contributed by atoms with E-state index in [2.05, 4.69) is 76.8 Å². The van der Waals surface area contributed by atoms with Crippen LogP contribution in [0.2, 0.25) is 10.6 Å². The number of carbonyl (C=O) groups is 2. The lowest BCUT2D eigenvalue weighted by Crippen LogP contribution is -2.42. The number of halogens is 2. The van der Waals surface area contributed by atoms with Gasteiger partial charge in [0.1, 0.15) is 30.7 Å². The van der Waals surface area contributed by atoms with E-state index >= 15 is 0 Å². The maximum atomic E-state index is 12.4. The molecule has 2 saturated carbocycles. The number of fused-ring (bicyclic) bond motifs is 2. The Labute approximate surface area is 381 Å². The second-order valence-corrected chi connectivity index (χ2v) is 17.3. The van der Waals surface area contributed by atoms with Crippen LogP contribution in [0.3, 0.4) is 0 Å². The standard InChI is InChI=1S/C39H51Cl2N17O7/c1-3-42-32(62)22-13-21(59)34(64-22)57-15-46-23-28(52-36(40)54-30(23)57)48-17-5-9-19(10-6-17)50-38-44-14-45-39(56-38)51-20-11-7-18(8-12-20)49-29-24-31(55-37(41)53-29)58(16-47-24)35-26(61)25(60)27(65-35)33(63)43-4-2/h14-22,25-27,34-35,59-61H,3-13H2,1-2H3,(H,42,62)(H,43,63)(H,48,52,54)(H,49,53,55)(H2,44,45,50,51,56)/t17-,18-,19-,20-,21-,22+,25+,26-,27+,34-,35-/m1/s1. The van der Waals surface area contributed by atoms with Crippen LogP contribution in [0.15, 0.2) is 19.0 Å². The molecule has 348 valence electrons. The van der Waals surface area contributed by atoms with Gasteiger partial charge in [-0.2, -0.15) is 24.9 Å². The zero-order chi connectivity index (χ0) is 45.4. The molecule has 24 nitrogen and oxygen atoms in total. The summed E-state index contributed by atoms with van der Waals surface area (Å²) in [5, 5.41) is 51.3. The van der Waals surface area contributed by atoms with Gasteiger partial charge in [-0.15, -0.1) is 0 Å². The molecule has 0 unspecified atom stereocenters. The summed E-state index contributed by atoms with van der Waals surface area (Å²) in [5.41, 5.74) is 1.56. The molecule has 9 rings (SSSR count). The summed E-state index contributed by atoms with van der Waals surface area (Å²) >= 11 is 12.7. The first-order valence-electron chi connectivity index (χ1n) is 21.9. The number of anilines is 4. The maximum Gasteiger partial charge on any atom is 0.252 e. The average molecular weight is 941 g/mol. The quantitative estimate of drug-likeness (QED) is 0.0715. The maximum absolute atomic E-state index is 12.4. The summed E-state index contributed by atoms with van der Waals surface area (Å²) in [6, 6.07) is 0.393. The van der Waals surface area contributed by atoms with Crippen LogP contribution in [0, 0.1) is 0 Å². The van der Waals surface area contributed by atoms with Crippen molar-refractivity contribution in [3.63, 3.8) is 0 Å². The van der Waals surface area contributed by atoms with Crippen LogP contribution in [0.1, 0.15) is 84.1 Å². The van der Waals surface area contributed by atoms with Gasteiger partial charge in [0, 0.05) is 43.7 Å². The van der Waals surface area contributed by atoms with E-state index in [4.69, 9.17) is 32.7 Å².